The molecule has 5 N–H and O–H groups in total. The van der Waals surface area contributed by atoms with Crippen molar-refractivity contribution in [2.24, 2.45) is 0 Å². The molecule has 3 amide bonds. The number of carboxylic acid groups (broad SMARTS) is 3. The first-order valence-corrected chi connectivity index (χ1v) is 10.8. The molecule has 0 aliphatic heterocycles. The fourth-order valence-electron chi connectivity index (χ4n) is 3.03. The molecule has 0 fully saturated rings. The van der Waals surface area contributed by atoms with Gasteiger partial charge in [-0.15, -0.1) is 0 Å². The van der Waals surface area contributed by atoms with Crippen LogP contribution in [0.2, 0.25) is 0 Å². The number of nitrogens with zero attached hydrogens (tertiary/aromatic N) is 1. The molecule has 0 aliphatic carbocycles. The van der Waals surface area contributed by atoms with Gasteiger partial charge in [-0.1, -0.05) is 0 Å². The fourth-order valence-corrected chi connectivity index (χ4v) is 3.03. The number of carboxylic acids is 3. The summed E-state index contributed by atoms with van der Waals surface area (Å²) in [6, 6.07) is 2.45. The number of rotatable bonds is 16. The number of likely N-dealkylation sites (N-methyl/N-ethyl adjacent to an activating group) is 1. The van der Waals surface area contributed by atoms with Gasteiger partial charge in [0.05, 0.1) is 0 Å². The smallest absolute Gasteiger partial charge is 0.326 e. The van der Waals surface area contributed by atoms with E-state index in [2.05, 4.69) is 10.6 Å². The van der Waals surface area contributed by atoms with Crippen molar-refractivity contribution in [3.8, 4) is 5.75 Å². The lowest BCUT2D eigenvalue weighted by Gasteiger charge is -2.26. The molecule has 0 aliphatic rings. The second kappa shape index (κ2) is 15.1. The molecule has 1 aromatic rings. The second-order valence-electron chi connectivity index (χ2n) is 7.55. The summed E-state index contributed by atoms with van der Waals surface area (Å²) in [5.74, 6) is -3.87. The van der Waals surface area contributed by atoms with Gasteiger partial charge in [0, 0.05) is 25.6 Å². The molecule has 194 valence electrons. The number of unbranched alkanes of at least 4 members (excludes halogenated alkanes) is 1. The highest BCUT2D eigenvalue weighted by Gasteiger charge is 2.29. The van der Waals surface area contributed by atoms with Crippen molar-refractivity contribution in [2.45, 2.75) is 44.2 Å². The molecule has 12 nitrogen and oxygen atoms in total. The van der Waals surface area contributed by atoms with Gasteiger partial charge >= 0.3 is 23.9 Å². The fraction of sp³-hybridized carbons (Fsp3) is 0.500. The van der Waals surface area contributed by atoms with E-state index in [1.54, 1.807) is 12.1 Å². The summed E-state index contributed by atoms with van der Waals surface area (Å²) in [7, 11) is 1.20. The number of hydrogen-bond donors (Lipinski definition) is 5. The number of urea groups is 1. The molecular formula is C22H30FN3O9. The van der Waals surface area contributed by atoms with Gasteiger partial charge < -0.3 is 35.6 Å². The highest BCUT2D eigenvalue weighted by atomic mass is 19.1. The zero-order chi connectivity index (χ0) is 26.4. The van der Waals surface area contributed by atoms with E-state index in [1.165, 1.54) is 19.2 Å². The minimum absolute atomic E-state index is 0.0442. The normalized spacial score (nSPS) is 12.2. The third-order valence-electron chi connectivity index (χ3n) is 4.97. The quantitative estimate of drug-likeness (QED) is 0.210. The number of alkyl halides is 1. The summed E-state index contributed by atoms with van der Waals surface area (Å²) in [6.07, 6.45) is -0.0327. The summed E-state index contributed by atoms with van der Waals surface area (Å²) >= 11 is 0. The molecule has 1 aromatic carbocycles. The van der Waals surface area contributed by atoms with Crippen LogP contribution in [0.3, 0.4) is 0 Å². The summed E-state index contributed by atoms with van der Waals surface area (Å²) in [5.41, 5.74) is 0.369. The van der Waals surface area contributed by atoms with Crippen LogP contribution in [-0.4, -0.2) is 89.0 Å². The van der Waals surface area contributed by atoms with Crippen molar-refractivity contribution in [3.63, 3.8) is 0 Å². The Morgan fingerprint density at radius 3 is 2.20 bits per heavy atom. The monoisotopic (exact) mass is 499 g/mol. The average Bonchev–Trinajstić information content (AvgIpc) is 2.81. The molecule has 13 heteroatoms. The Morgan fingerprint density at radius 2 is 1.66 bits per heavy atom. The Hall–Kier alpha value is -3.90. The molecule has 0 unspecified atom stereocenters. The van der Waals surface area contributed by atoms with E-state index in [9.17, 15) is 33.5 Å². The van der Waals surface area contributed by atoms with Gasteiger partial charge in [-0.2, -0.15) is 0 Å². The number of aliphatic carboxylic acids is 3. The van der Waals surface area contributed by atoms with E-state index in [0.29, 0.717) is 24.2 Å². The van der Waals surface area contributed by atoms with Gasteiger partial charge in [0.25, 0.3) is 5.91 Å². The summed E-state index contributed by atoms with van der Waals surface area (Å²) in [4.78, 5) is 58.8. The van der Waals surface area contributed by atoms with Gasteiger partial charge in [-0.05, 0) is 49.9 Å². The van der Waals surface area contributed by atoms with Crippen molar-refractivity contribution < 1.29 is 48.4 Å². The third-order valence-corrected chi connectivity index (χ3v) is 4.97. The van der Waals surface area contributed by atoms with E-state index in [4.69, 9.17) is 14.9 Å². The predicted molar refractivity (Wildman–Crippen MR) is 120 cm³/mol. The maximum atomic E-state index is 12.3. The largest absolute Gasteiger partial charge is 0.491 e. The molecule has 0 radical (unpaired) electrons. The molecule has 0 spiro atoms. The SMILES string of the molecule is CN(C(=O)N[C@@H](CCC(=O)O)C(=O)O)[C@@H](CCCCNC(=O)c1ccc(OCCF)cc1)C(=O)O. The number of carbonyl (C=O) groups is 5. The zero-order valence-corrected chi connectivity index (χ0v) is 19.2. The van der Waals surface area contributed by atoms with Gasteiger partial charge in [-0.25, -0.2) is 18.8 Å². The number of amides is 3. The molecule has 0 heterocycles. The number of nitrogens with one attached hydrogen (secondary N) is 2. The van der Waals surface area contributed by atoms with Crippen molar-refractivity contribution in [1.82, 2.24) is 15.5 Å². The Kier molecular flexibility index (Phi) is 12.6. The van der Waals surface area contributed by atoms with E-state index in [0.717, 1.165) is 4.90 Å². The molecule has 0 saturated heterocycles. The van der Waals surface area contributed by atoms with Gasteiger partial charge in [-0.3, -0.25) is 9.59 Å². The summed E-state index contributed by atoms with van der Waals surface area (Å²) in [5, 5.41) is 32.1. The van der Waals surface area contributed by atoms with E-state index in [-0.39, 0.29) is 31.9 Å². The van der Waals surface area contributed by atoms with Gasteiger partial charge in [0.1, 0.15) is 31.1 Å². The van der Waals surface area contributed by atoms with Crippen LogP contribution in [0.4, 0.5) is 9.18 Å². The molecule has 2 atom stereocenters. The van der Waals surface area contributed by atoms with Crippen LogP contribution in [0.5, 0.6) is 5.75 Å². The number of halogens is 1. The van der Waals surface area contributed by atoms with Crippen LogP contribution >= 0.6 is 0 Å². The molecule has 0 bridgehead atoms. The second-order valence-corrected chi connectivity index (χ2v) is 7.55. The van der Waals surface area contributed by atoms with Crippen LogP contribution in [-0.2, 0) is 14.4 Å². The maximum Gasteiger partial charge on any atom is 0.326 e. The lowest BCUT2D eigenvalue weighted by molar-refractivity contribution is -0.142. The number of carbonyl (C=O) groups excluding carboxylic acids is 2. The molecule has 35 heavy (non-hydrogen) atoms. The van der Waals surface area contributed by atoms with Crippen LogP contribution in [0.15, 0.2) is 24.3 Å². The highest BCUT2D eigenvalue weighted by molar-refractivity contribution is 5.94. The van der Waals surface area contributed by atoms with Crippen molar-refractivity contribution >= 4 is 29.8 Å². The maximum absolute atomic E-state index is 12.3. The topological polar surface area (TPSA) is 183 Å². The van der Waals surface area contributed by atoms with Crippen LogP contribution in [0.25, 0.3) is 0 Å². The predicted octanol–water partition coefficient (Wildman–Crippen LogP) is 1.35. The first-order chi connectivity index (χ1) is 16.6. The first kappa shape index (κ1) is 29.1. The standard InChI is InChI=1S/C22H30FN3O9/c1-26(22(34)25-16(20(30)31)9-10-18(27)28)17(21(32)33)4-2-3-12-24-19(29)14-5-7-15(8-6-14)35-13-11-23/h5-8,16-17H,2-4,9-13H2,1H3,(H,24,29)(H,25,34)(H,27,28)(H,30,31)(H,32,33)/t16-,17-/m0/s1. The molecule has 0 aromatic heterocycles. The van der Waals surface area contributed by atoms with Gasteiger partial charge in [0.2, 0.25) is 0 Å². The third kappa shape index (κ3) is 10.7. The number of ether oxygens (including phenoxy) is 1. The van der Waals surface area contributed by atoms with Crippen LogP contribution in [0, 0.1) is 0 Å². The van der Waals surface area contributed by atoms with Crippen molar-refractivity contribution in [1.29, 1.82) is 0 Å². The molecule has 0 saturated carbocycles. The lowest BCUT2D eigenvalue weighted by Crippen LogP contribution is -2.52. The summed E-state index contributed by atoms with van der Waals surface area (Å²) < 4.78 is 17.2. The highest BCUT2D eigenvalue weighted by Crippen LogP contribution is 2.13. The van der Waals surface area contributed by atoms with Gasteiger partial charge in [0.15, 0.2) is 0 Å². The van der Waals surface area contributed by atoms with Crippen LogP contribution < -0.4 is 15.4 Å². The minimum atomic E-state index is -1.48. The Balaban J connectivity index is 2.50. The van der Waals surface area contributed by atoms with Crippen molar-refractivity contribution in [2.75, 3.05) is 26.9 Å². The van der Waals surface area contributed by atoms with E-state index >= 15 is 0 Å². The Morgan fingerprint density at radius 1 is 1.00 bits per heavy atom. The molecule has 1 rings (SSSR count). The Bertz CT molecular complexity index is 879. The minimum Gasteiger partial charge on any atom is -0.491 e. The molecular weight excluding hydrogens is 469 g/mol. The first-order valence-electron chi connectivity index (χ1n) is 10.8. The Labute approximate surface area is 201 Å². The lowest BCUT2D eigenvalue weighted by atomic mass is 10.1. The zero-order valence-electron chi connectivity index (χ0n) is 19.2. The van der Waals surface area contributed by atoms with E-state index < -0.39 is 49.1 Å². The average molecular weight is 499 g/mol. The summed E-state index contributed by atoms with van der Waals surface area (Å²) in [6.45, 7) is -0.455. The number of benzene rings is 1. The number of hydrogen-bond acceptors (Lipinski definition) is 6. The van der Waals surface area contributed by atoms with Crippen molar-refractivity contribution in [3.05, 3.63) is 29.8 Å². The van der Waals surface area contributed by atoms with Crippen LogP contribution in [0.1, 0.15) is 42.5 Å². The van der Waals surface area contributed by atoms with E-state index in [1.807, 2.05) is 0 Å².